The molecule has 5 rings (SSSR count). The Balaban J connectivity index is 1.46. The van der Waals surface area contributed by atoms with Gasteiger partial charge in [-0.3, -0.25) is 0 Å². The summed E-state index contributed by atoms with van der Waals surface area (Å²) in [5.74, 6) is 0.635. The first kappa shape index (κ1) is 19.3. The van der Waals surface area contributed by atoms with Crippen molar-refractivity contribution in [3.05, 3.63) is 96.2 Å². The lowest BCUT2D eigenvalue weighted by Crippen LogP contribution is -2.11. The zero-order valence-corrected chi connectivity index (χ0v) is 18.0. The third kappa shape index (κ3) is 3.77. The highest BCUT2D eigenvalue weighted by Gasteiger charge is 2.20. The molecule has 0 spiro atoms. The van der Waals surface area contributed by atoms with E-state index in [-0.39, 0.29) is 5.41 Å². The van der Waals surface area contributed by atoms with E-state index in [4.69, 9.17) is 14.8 Å². The van der Waals surface area contributed by atoms with Crippen LogP contribution >= 0.6 is 0 Å². The monoisotopic (exact) mass is 407 g/mol. The average Bonchev–Trinajstić information content (AvgIpc) is 3.24. The van der Waals surface area contributed by atoms with Gasteiger partial charge in [-0.15, -0.1) is 0 Å². The second-order valence-corrected chi connectivity index (χ2v) is 8.84. The number of nitrogens with zero attached hydrogens (tertiary/aromatic N) is 3. The van der Waals surface area contributed by atoms with E-state index in [2.05, 4.69) is 75.4 Å². The van der Waals surface area contributed by atoms with Crippen molar-refractivity contribution >= 4 is 16.6 Å². The number of hydrogen-bond acceptors (Lipinski definition) is 3. The molecular weight excluding hydrogens is 382 g/mol. The van der Waals surface area contributed by atoms with Crippen LogP contribution in [-0.4, -0.2) is 14.6 Å². The summed E-state index contributed by atoms with van der Waals surface area (Å²) in [4.78, 5) is 4.80. The molecule has 0 bridgehead atoms. The van der Waals surface area contributed by atoms with E-state index >= 15 is 0 Å². The zero-order chi connectivity index (χ0) is 21.4. The Bertz CT molecular complexity index is 1350. The highest BCUT2D eigenvalue weighted by atomic mass is 16.5. The van der Waals surface area contributed by atoms with Crippen LogP contribution in [0.2, 0.25) is 0 Å². The average molecular weight is 408 g/mol. The largest absolute Gasteiger partial charge is 0.472 e. The van der Waals surface area contributed by atoms with Crippen LogP contribution in [0.25, 0.3) is 27.7 Å². The van der Waals surface area contributed by atoms with E-state index in [9.17, 15) is 0 Å². The second kappa shape index (κ2) is 7.55. The summed E-state index contributed by atoms with van der Waals surface area (Å²) in [5.41, 5.74) is 6.28. The quantitative estimate of drug-likeness (QED) is 0.345. The molecule has 0 aliphatic rings. The molecule has 5 aromatic rings. The maximum Gasteiger partial charge on any atom is 0.225 e. The molecule has 0 saturated heterocycles. The fourth-order valence-corrected chi connectivity index (χ4v) is 3.68. The van der Waals surface area contributed by atoms with Crippen molar-refractivity contribution < 1.29 is 4.74 Å². The molecule has 0 aliphatic carbocycles. The smallest absolute Gasteiger partial charge is 0.225 e. The predicted molar refractivity (Wildman–Crippen MR) is 125 cm³/mol. The molecule has 0 radical (unpaired) electrons. The number of para-hydroxylation sites is 1. The van der Waals surface area contributed by atoms with Gasteiger partial charge in [0, 0.05) is 11.5 Å². The van der Waals surface area contributed by atoms with Crippen molar-refractivity contribution in [1.82, 2.24) is 14.6 Å². The lowest BCUT2D eigenvalue weighted by atomic mass is 9.93. The first-order chi connectivity index (χ1) is 15.0. The van der Waals surface area contributed by atoms with Gasteiger partial charge in [-0.25, -0.2) is 4.52 Å². The van der Waals surface area contributed by atoms with E-state index in [1.54, 1.807) is 0 Å². The molecule has 2 aromatic heterocycles. The summed E-state index contributed by atoms with van der Waals surface area (Å²) in [6.07, 6.45) is 0. The van der Waals surface area contributed by atoms with E-state index in [1.807, 2.05) is 34.8 Å². The van der Waals surface area contributed by atoms with Crippen molar-refractivity contribution in [1.29, 1.82) is 0 Å². The normalized spacial score (nSPS) is 11.8. The van der Waals surface area contributed by atoms with E-state index < -0.39 is 0 Å². The molecule has 0 amide bonds. The minimum absolute atomic E-state index is 0.0453. The molecule has 0 N–H and O–H groups in total. The Hall–Kier alpha value is -3.66. The van der Waals surface area contributed by atoms with Gasteiger partial charge in [-0.05, 0) is 28.8 Å². The highest BCUT2D eigenvalue weighted by molar-refractivity contribution is 5.86. The Kier molecular flexibility index (Phi) is 4.70. The van der Waals surface area contributed by atoms with Gasteiger partial charge in [0.2, 0.25) is 5.88 Å². The van der Waals surface area contributed by atoms with Crippen LogP contribution in [0.15, 0.2) is 84.9 Å². The molecule has 154 valence electrons. The van der Waals surface area contributed by atoms with Gasteiger partial charge in [-0.1, -0.05) is 87.5 Å². The first-order valence-corrected chi connectivity index (χ1v) is 10.6. The van der Waals surface area contributed by atoms with Crippen molar-refractivity contribution in [2.75, 3.05) is 0 Å². The van der Waals surface area contributed by atoms with Crippen LogP contribution in [0.4, 0.5) is 0 Å². The highest BCUT2D eigenvalue weighted by Crippen LogP contribution is 2.29. The summed E-state index contributed by atoms with van der Waals surface area (Å²) >= 11 is 0. The summed E-state index contributed by atoms with van der Waals surface area (Å²) in [7, 11) is 0. The maximum absolute atomic E-state index is 6.20. The SMILES string of the molecule is CC(C)(C)c1cc2nc(OCc3ccc(-c4ccccc4)cc3)c3ccccc3n2n1. The van der Waals surface area contributed by atoms with Gasteiger partial charge >= 0.3 is 0 Å². The molecule has 4 nitrogen and oxygen atoms in total. The third-order valence-corrected chi connectivity index (χ3v) is 5.47. The van der Waals surface area contributed by atoms with Crippen molar-refractivity contribution in [3.8, 4) is 17.0 Å². The molecule has 0 fully saturated rings. The van der Waals surface area contributed by atoms with Crippen LogP contribution in [0.1, 0.15) is 32.0 Å². The summed E-state index contributed by atoms with van der Waals surface area (Å²) in [6.45, 7) is 6.94. The number of aromatic nitrogens is 3. The van der Waals surface area contributed by atoms with Crippen molar-refractivity contribution in [2.24, 2.45) is 0 Å². The van der Waals surface area contributed by atoms with Gasteiger partial charge in [0.25, 0.3) is 0 Å². The summed E-state index contributed by atoms with van der Waals surface area (Å²) in [6, 6.07) is 29.0. The van der Waals surface area contributed by atoms with Gasteiger partial charge in [0.15, 0.2) is 5.65 Å². The van der Waals surface area contributed by atoms with Gasteiger partial charge in [-0.2, -0.15) is 10.1 Å². The molecule has 3 aromatic carbocycles. The van der Waals surface area contributed by atoms with E-state index in [1.165, 1.54) is 11.1 Å². The molecule has 4 heteroatoms. The molecule has 0 unspecified atom stereocenters. The molecule has 0 atom stereocenters. The van der Waals surface area contributed by atoms with Crippen molar-refractivity contribution in [3.63, 3.8) is 0 Å². The number of benzene rings is 3. The number of fused-ring (bicyclic) bond motifs is 3. The van der Waals surface area contributed by atoms with Crippen LogP contribution in [-0.2, 0) is 12.0 Å². The van der Waals surface area contributed by atoms with Crippen LogP contribution < -0.4 is 4.74 Å². The molecule has 0 aliphatic heterocycles. The van der Waals surface area contributed by atoms with Gasteiger partial charge < -0.3 is 4.74 Å². The Morgan fingerprint density at radius 2 is 1.48 bits per heavy atom. The molecule has 2 heterocycles. The van der Waals surface area contributed by atoms with Crippen LogP contribution in [0.3, 0.4) is 0 Å². The lowest BCUT2D eigenvalue weighted by Gasteiger charge is -2.13. The Morgan fingerprint density at radius 1 is 0.806 bits per heavy atom. The Labute approximate surface area is 182 Å². The maximum atomic E-state index is 6.20. The first-order valence-electron chi connectivity index (χ1n) is 10.6. The van der Waals surface area contributed by atoms with E-state index in [0.29, 0.717) is 12.5 Å². The fraction of sp³-hybridized carbons (Fsp3) is 0.185. The van der Waals surface area contributed by atoms with Crippen molar-refractivity contribution in [2.45, 2.75) is 32.8 Å². The minimum Gasteiger partial charge on any atom is -0.472 e. The van der Waals surface area contributed by atoms with Crippen LogP contribution in [0, 0.1) is 0 Å². The van der Waals surface area contributed by atoms with Crippen LogP contribution in [0.5, 0.6) is 5.88 Å². The number of hydrogen-bond donors (Lipinski definition) is 0. The molecule has 31 heavy (non-hydrogen) atoms. The van der Waals surface area contributed by atoms with E-state index in [0.717, 1.165) is 27.8 Å². The second-order valence-electron chi connectivity index (χ2n) is 8.84. The number of rotatable bonds is 4. The van der Waals surface area contributed by atoms with Gasteiger partial charge in [0.05, 0.1) is 16.6 Å². The summed E-state index contributed by atoms with van der Waals surface area (Å²) in [5, 5.41) is 5.77. The fourth-order valence-electron chi connectivity index (χ4n) is 3.68. The predicted octanol–water partition coefficient (Wildman–Crippen LogP) is 6.43. The summed E-state index contributed by atoms with van der Waals surface area (Å²) < 4.78 is 8.12. The Morgan fingerprint density at radius 3 is 2.23 bits per heavy atom. The van der Waals surface area contributed by atoms with Gasteiger partial charge in [0.1, 0.15) is 6.61 Å². The molecular formula is C27H25N3O. The standard InChI is InChI=1S/C27H25N3O/c1-27(2,3)24-17-25-28-26(22-11-7-8-12-23(22)30(25)29-24)31-18-19-13-15-21(16-14-19)20-9-5-4-6-10-20/h4-17H,18H2,1-3H3. The zero-order valence-electron chi connectivity index (χ0n) is 18.0. The topological polar surface area (TPSA) is 39.4 Å². The molecule has 0 saturated carbocycles. The lowest BCUT2D eigenvalue weighted by molar-refractivity contribution is 0.298. The minimum atomic E-state index is -0.0453. The third-order valence-electron chi connectivity index (χ3n) is 5.47. The number of ether oxygens (including phenoxy) is 1.